The molecule has 0 radical (unpaired) electrons. The standard InChI is InChI=1S/C10H18N6O2.ClH/c1-18-6-7(11)8(17)12-10(4-2-3-5-10)9-13-15-16-14-9;/h7H,2-6,11H2,1H3,(H,12,17)(H,13,14,15,16);1H. The maximum absolute atomic E-state index is 12.0. The van der Waals surface area contributed by atoms with Gasteiger partial charge in [0.25, 0.3) is 0 Å². The Morgan fingerprint density at radius 1 is 1.58 bits per heavy atom. The van der Waals surface area contributed by atoms with Gasteiger partial charge in [0.2, 0.25) is 5.91 Å². The first-order valence-electron chi connectivity index (χ1n) is 5.98. The molecule has 8 nitrogen and oxygen atoms in total. The highest BCUT2D eigenvalue weighted by Crippen LogP contribution is 2.36. The number of halogens is 1. The van der Waals surface area contributed by atoms with Crippen molar-refractivity contribution in [2.24, 2.45) is 5.73 Å². The van der Waals surface area contributed by atoms with Gasteiger partial charge >= 0.3 is 0 Å². The fraction of sp³-hybridized carbons (Fsp3) is 0.800. The highest BCUT2D eigenvalue weighted by atomic mass is 35.5. The molecular formula is C10H19ClN6O2. The Kier molecular flexibility index (Phi) is 5.64. The predicted octanol–water partition coefficient (Wildman–Crippen LogP) is -0.519. The number of nitrogens with one attached hydrogen (secondary N) is 2. The van der Waals surface area contributed by atoms with Crippen molar-refractivity contribution >= 4 is 18.3 Å². The zero-order valence-electron chi connectivity index (χ0n) is 10.8. The van der Waals surface area contributed by atoms with Crippen LogP contribution in [0.5, 0.6) is 0 Å². The summed E-state index contributed by atoms with van der Waals surface area (Å²) in [5, 5.41) is 16.9. The van der Waals surface area contributed by atoms with E-state index in [1.807, 2.05) is 0 Å². The zero-order valence-corrected chi connectivity index (χ0v) is 11.6. The number of carbonyl (C=O) groups excluding carboxylic acids is 1. The van der Waals surface area contributed by atoms with Gasteiger partial charge in [0.1, 0.15) is 11.6 Å². The number of rotatable bonds is 5. The highest BCUT2D eigenvalue weighted by molar-refractivity contribution is 5.85. The van der Waals surface area contributed by atoms with Gasteiger partial charge in [-0.2, -0.15) is 5.21 Å². The normalized spacial score (nSPS) is 18.6. The number of hydrogen-bond donors (Lipinski definition) is 3. The summed E-state index contributed by atoms with van der Waals surface area (Å²) in [6.45, 7) is 0.189. The van der Waals surface area contributed by atoms with Crippen molar-refractivity contribution in [3.8, 4) is 0 Å². The first kappa shape index (κ1) is 15.8. The molecular weight excluding hydrogens is 272 g/mol. The van der Waals surface area contributed by atoms with Gasteiger partial charge in [-0.25, -0.2) is 0 Å². The van der Waals surface area contributed by atoms with Crippen molar-refractivity contribution < 1.29 is 9.53 Å². The minimum Gasteiger partial charge on any atom is -0.383 e. The average Bonchev–Trinajstić information content (AvgIpc) is 3.00. The molecule has 4 N–H and O–H groups in total. The summed E-state index contributed by atoms with van der Waals surface area (Å²) in [6.07, 6.45) is 3.65. The lowest BCUT2D eigenvalue weighted by atomic mass is 9.96. The molecule has 1 heterocycles. The Labute approximate surface area is 117 Å². The second kappa shape index (κ2) is 6.78. The van der Waals surface area contributed by atoms with Crippen LogP contribution in [0.3, 0.4) is 0 Å². The number of aromatic amines is 1. The molecule has 1 aromatic heterocycles. The number of hydrogen-bond acceptors (Lipinski definition) is 6. The van der Waals surface area contributed by atoms with E-state index in [2.05, 4.69) is 25.9 Å². The minimum absolute atomic E-state index is 0. The molecule has 108 valence electrons. The van der Waals surface area contributed by atoms with Crippen LogP contribution in [0.2, 0.25) is 0 Å². The lowest BCUT2D eigenvalue weighted by Crippen LogP contribution is -2.52. The smallest absolute Gasteiger partial charge is 0.240 e. The van der Waals surface area contributed by atoms with Crippen LogP contribution in [0, 0.1) is 0 Å². The molecule has 0 bridgehead atoms. The summed E-state index contributed by atoms with van der Waals surface area (Å²) in [7, 11) is 1.51. The maximum Gasteiger partial charge on any atom is 0.240 e. The van der Waals surface area contributed by atoms with Crippen molar-refractivity contribution in [3.05, 3.63) is 5.82 Å². The van der Waals surface area contributed by atoms with Crippen molar-refractivity contribution in [1.82, 2.24) is 25.9 Å². The molecule has 1 amide bonds. The quantitative estimate of drug-likeness (QED) is 0.671. The zero-order chi connectivity index (χ0) is 13.0. The second-order valence-electron chi connectivity index (χ2n) is 4.58. The lowest BCUT2D eigenvalue weighted by molar-refractivity contribution is -0.125. The predicted molar refractivity (Wildman–Crippen MR) is 69.6 cm³/mol. The lowest BCUT2D eigenvalue weighted by Gasteiger charge is -2.28. The topological polar surface area (TPSA) is 119 Å². The number of aromatic nitrogens is 4. The molecule has 1 fully saturated rings. The maximum atomic E-state index is 12.0. The molecule has 1 aliphatic rings. The van der Waals surface area contributed by atoms with E-state index in [-0.39, 0.29) is 24.9 Å². The Morgan fingerprint density at radius 2 is 2.26 bits per heavy atom. The summed E-state index contributed by atoms with van der Waals surface area (Å²) < 4.78 is 4.88. The summed E-state index contributed by atoms with van der Waals surface area (Å²) >= 11 is 0. The Morgan fingerprint density at radius 3 is 2.79 bits per heavy atom. The number of carbonyl (C=O) groups is 1. The number of nitrogens with zero attached hydrogens (tertiary/aromatic N) is 3. The number of H-pyrrole nitrogens is 1. The molecule has 19 heavy (non-hydrogen) atoms. The van der Waals surface area contributed by atoms with Crippen LogP contribution in [0.25, 0.3) is 0 Å². The third kappa shape index (κ3) is 3.40. The van der Waals surface area contributed by atoms with Gasteiger partial charge in [-0.05, 0) is 12.8 Å². The van der Waals surface area contributed by atoms with Gasteiger partial charge in [-0.15, -0.1) is 22.6 Å². The van der Waals surface area contributed by atoms with E-state index in [4.69, 9.17) is 10.5 Å². The first-order chi connectivity index (χ1) is 8.68. The molecule has 9 heteroatoms. The summed E-state index contributed by atoms with van der Waals surface area (Å²) in [4.78, 5) is 12.0. The van der Waals surface area contributed by atoms with E-state index in [1.54, 1.807) is 0 Å². The molecule has 1 aromatic rings. The van der Waals surface area contributed by atoms with Crippen molar-refractivity contribution in [1.29, 1.82) is 0 Å². The summed E-state index contributed by atoms with van der Waals surface area (Å²) in [6, 6.07) is -0.681. The van der Waals surface area contributed by atoms with Gasteiger partial charge < -0.3 is 15.8 Å². The van der Waals surface area contributed by atoms with Crippen LogP contribution in [0.1, 0.15) is 31.5 Å². The highest BCUT2D eigenvalue weighted by Gasteiger charge is 2.41. The SMILES string of the molecule is COCC(N)C(=O)NC1(c2nn[nH]n2)CCCC1.Cl. The van der Waals surface area contributed by atoms with Crippen molar-refractivity contribution in [2.75, 3.05) is 13.7 Å². The summed E-state index contributed by atoms with van der Waals surface area (Å²) in [5.74, 6) is 0.279. The molecule has 1 unspecified atom stereocenters. The third-order valence-electron chi connectivity index (χ3n) is 3.28. The van der Waals surface area contributed by atoms with E-state index in [9.17, 15) is 4.79 Å². The molecule has 1 saturated carbocycles. The molecule has 0 aliphatic heterocycles. The van der Waals surface area contributed by atoms with E-state index < -0.39 is 11.6 Å². The first-order valence-corrected chi connectivity index (χ1v) is 5.98. The van der Waals surface area contributed by atoms with E-state index >= 15 is 0 Å². The fourth-order valence-electron chi connectivity index (χ4n) is 2.33. The Hall–Kier alpha value is -1.25. The Balaban J connectivity index is 0.00000180. The van der Waals surface area contributed by atoms with E-state index in [0.717, 1.165) is 25.7 Å². The van der Waals surface area contributed by atoms with Crippen molar-refractivity contribution in [3.63, 3.8) is 0 Å². The summed E-state index contributed by atoms with van der Waals surface area (Å²) in [5.41, 5.74) is 5.18. The van der Waals surface area contributed by atoms with Crippen LogP contribution >= 0.6 is 12.4 Å². The Bertz CT molecular complexity index is 393. The van der Waals surface area contributed by atoms with Gasteiger partial charge in [0.15, 0.2) is 5.82 Å². The molecule has 2 rings (SSSR count). The molecule has 0 aromatic carbocycles. The van der Waals surface area contributed by atoms with Crippen molar-refractivity contribution in [2.45, 2.75) is 37.3 Å². The van der Waals surface area contributed by atoms with Gasteiger partial charge in [-0.1, -0.05) is 18.1 Å². The van der Waals surface area contributed by atoms with Crippen LogP contribution in [0.15, 0.2) is 0 Å². The molecule has 0 saturated heterocycles. The monoisotopic (exact) mass is 290 g/mol. The third-order valence-corrected chi connectivity index (χ3v) is 3.28. The minimum atomic E-state index is -0.681. The largest absolute Gasteiger partial charge is 0.383 e. The van der Waals surface area contributed by atoms with Gasteiger partial charge in [0.05, 0.1) is 6.61 Å². The molecule has 1 atom stereocenters. The van der Waals surface area contributed by atoms with Gasteiger partial charge in [0, 0.05) is 7.11 Å². The number of methoxy groups -OCH3 is 1. The van der Waals surface area contributed by atoms with Crippen LogP contribution in [-0.4, -0.2) is 46.3 Å². The van der Waals surface area contributed by atoms with E-state index in [0.29, 0.717) is 5.82 Å². The van der Waals surface area contributed by atoms with Gasteiger partial charge in [-0.3, -0.25) is 4.79 Å². The second-order valence-corrected chi connectivity index (χ2v) is 4.58. The molecule has 1 aliphatic carbocycles. The number of amides is 1. The number of tetrazole rings is 1. The molecule has 0 spiro atoms. The number of nitrogens with two attached hydrogens (primary N) is 1. The van der Waals surface area contributed by atoms with E-state index in [1.165, 1.54) is 7.11 Å². The van der Waals surface area contributed by atoms with Crippen LogP contribution in [-0.2, 0) is 15.1 Å². The van der Waals surface area contributed by atoms with Crippen LogP contribution in [0.4, 0.5) is 0 Å². The average molecular weight is 291 g/mol. The fourth-order valence-corrected chi connectivity index (χ4v) is 2.33. The van der Waals surface area contributed by atoms with Crippen LogP contribution < -0.4 is 11.1 Å². The number of ether oxygens (including phenoxy) is 1.